The molecule has 0 aromatic carbocycles. The van der Waals surface area contributed by atoms with E-state index in [1.54, 1.807) is 6.92 Å². The van der Waals surface area contributed by atoms with Gasteiger partial charge in [0.05, 0.1) is 0 Å². The fourth-order valence-corrected chi connectivity index (χ4v) is 0.0657. The van der Waals surface area contributed by atoms with Crippen LogP contribution in [0, 0.1) is 0 Å². The second kappa shape index (κ2) is 0.557. The van der Waals surface area contributed by atoms with Crippen LogP contribution in [0.4, 0.5) is 0 Å². The first-order chi connectivity index (χ1) is 2.21. The van der Waals surface area contributed by atoms with Crippen molar-refractivity contribution in [2.45, 2.75) is 12.6 Å². The first-order valence-electron chi connectivity index (χ1n) is 1.36. The van der Waals surface area contributed by atoms with Gasteiger partial charge >= 0.3 is 0 Å². The quantitative estimate of drug-likeness (QED) is 0.224. The number of hydrogen-bond donors (Lipinski definition) is 0. The third-order valence-corrected chi connectivity index (χ3v) is 0.346. The van der Waals surface area contributed by atoms with E-state index in [4.69, 9.17) is 7.85 Å². The molecule has 0 atom stereocenters. The summed E-state index contributed by atoms with van der Waals surface area (Å²) in [6.45, 7) is 1.63. The molecular weight excluding hydrogens is 66.8 g/mol. The first kappa shape index (κ1) is 3.19. The zero-order chi connectivity index (χ0) is 3.91. The highest BCUT2D eigenvalue weighted by atomic mass is 17.4. The summed E-state index contributed by atoms with van der Waals surface area (Å²) >= 11 is 0. The fraction of sp³-hybridized carbons (Fsp3) is 1.00. The molecule has 1 fully saturated rings. The second-order valence-corrected chi connectivity index (χ2v) is 1.18. The van der Waals surface area contributed by atoms with Crippen LogP contribution in [-0.2, 0) is 9.78 Å². The average molecular weight is 69.9 g/mol. The topological polar surface area (TPSA) is 25.1 Å². The monoisotopic (exact) mass is 70.0 g/mol. The smallest absolute Gasteiger partial charge is 0.184 e. The van der Waals surface area contributed by atoms with Crippen LogP contribution in [0.25, 0.3) is 0 Å². The molecule has 0 N–H and O–H groups in total. The molecule has 0 spiro atoms. The van der Waals surface area contributed by atoms with Crippen LogP contribution in [0.1, 0.15) is 6.92 Å². The van der Waals surface area contributed by atoms with Crippen LogP contribution < -0.4 is 0 Å². The highest BCUT2D eigenvalue weighted by molar-refractivity contribution is 6.13. The lowest BCUT2D eigenvalue weighted by atomic mass is 10.00. The summed E-state index contributed by atoms with van der Waals surface area (Å²) in [6.07, 6.45) is 0. The molecule has 0 bridgehead atoms. The van der Waals surface area contributed by atoms with Gasteiger partial charge in [-0.3, -0.25) is 0 Å². The Hall–Kier alpha value is -0.0151. The van der Waals surface area contributed by atoms with E-state index in [2.05, 4.69) is 9.78 Å². The van der Waals surface area contributed by atoms with Crippen molar-refractivity contribution >= 4 is 7.85 Å². The predicted octanol–water partition coefficient (Wildman–Crippen LogP) is -0.210. The largest absolute Gasteiger partial charge is 0.208 e. The summed E-state index contributed by atoms with van der Waals surface area (Å²) < 4.78 is 0. The van der Waals surface area contributed by atoms with Gasteiger partial charge in [0.25, 0.3) is 0 Å². The molecule has 1 aliphatic heterocycles. The maximum Gasteiger partial charge on any atom is 0.184 e. The van der Waals surface area contributed by atoms with Gasteiger partial charge in [0, 0.05) is 0 Å². The molecule has 0 aliphatic carbocycles. The Morgan fingerprint density at radius 1 is 1.60 bits per heavy atom. The molecular formula is C2H3BO2. The minimum atomic E-state index is -0.750. The molecule has 1 aliphatic rings. The predicted molar refractivity (Wildman–Crippen MR) is 16.3 cm³/mol. The van der Waals surface area contributed by atoms with E-state index in [9.17, 15) is 0 Å². The Labute approximate surface area is 31.4 Å². The van der Waals surface area contributed by atoms with Crippen molar-refractivity contribution in [3.8, 4) is 0 Å². The zero-order valence-corrected chi connectivity index (χ0v) is 2.89. The molecule has 1 heterocycles. The molecule has 1 rings (SSSR count). The van der Waals surface area contributed by atoms with E-state index in [-0.39, 0.29) is 0 Å². The van der Waals surface area contributed by atoms with Gasteiger partial charge in [-0.15, -0.1) is 0 Å². The summed E-state index contributed by atoms with van der Waals surface area (Å²) in [5.41, 5.74) is -0.750. The Kier molecular flexibility index (Phi) is 0.355. The van der Waals surface area contributed by atoms with Crippen LogP contribution in [-0.4, -0.2) is 13.5 Å². The lowest BCUT2D eigenvalue weighted by molar-refractivity contribution is 0.0850. The molecule has 0 amide bonds. The van der Waals surface area contributed by atoms with Crippen LogP contribution in [0.3, 0.4) is 0 Å². The third-order valence-electron chi connectivity index (χ3n) is 0.346. The minimum absolute atomic E-state index is 0.750. The van der Waals surface area contributed by atoms with Gasteiger partial charge in [0.15, 0.2) is 13.5 Å². The van der Waals surface area contributed by atoms with Crippen molar-refractivity contribution in [3.63, 3.8) is 0 Å². The molecule has 0 unspecified atom stereocenters. The van der Waals surface area contributed by atoms with Gasteiger partial charge in [-0.05, 0) is 6.92 Å². The van der Waals surface area contributed by atoms with E-state index < -0.39 is 5.69 Å². The zero-order valence-electron chi connectivity index (χ0n) is 2.89. The Morgan fingerprint density at radius 2 is 1.80 bits per heavy atom. The van der Waals surface area contributed by atoms with Gasteiger partial charge in [0.2, 0.25) is 0 Å². The molecule has 0 aromatic rings. The van der Waals surface area contributed by atoms with Crippen molar-refractivity contribution in [1.29, 1.82) is 0 Å². The molecule has 1 saturated heterocycles. The summed E-state index contributed by atoms with van der Waals surface area (Å²) in [6, 6.07) is 0. The standard InChI is InChI=1S/C2H3BO2/c1-2(3)4-5-2/h1H3. The van der Waals surface area contributed by atoms with E-state index >= 15 is 0 Å². The van der Waals surface area contributed by atoms with Crippen molar-refractivity contribution in [1.82, 2.24) is 0 Å². The normalized spacial score (nSPS) is 29.8. The minimum Gasteiger partial charge on any atom is -0.208 e. The highest BCUT2D eigenvalue weighted by Gasteiger charge is 2.35. The van der Waals surface area contributed by atoms with E-state index in [0.717, 1.165) is 0 Å². The Morgan fingerprint density at radius 3 is 1.80 bits per heavy atom. The van der Waals surface area contributed by atoms with Crippen molar-refractivity contribution < 1.29 is 9.78 Å². The van der Waals surface area contributed by atoms with E-state index in [0.29, 0.717) is 0 Å². The third kappa shape index (κ3) is 0.632. The van der Waals surface area contributed by atoms with Crippen LogP contribution in [0.5, 0.6) is 0 Å². The van der Waals surface area contributed by atoms with Crippen LogP contribution in [0.2, 0.25) is 0 Å². The SMILES string of the molecule is [B]C1(C)OO1. The van der Waals surface area contributed by atoms with Gasteiger partial charge in [0.1, 0.15) is 0 Å². The summed E-state index contributed by atoms with van der Waals surface area (Å²) in [5, 5.41) is 0. The molecule has 3 heteroatoms. The molecule has 0 aromatic heterocycles. The first-order valence-corrected chi connectivity index (χ1v) is 1.36. The van der Waals surface area contributed by atoms with Crippen LogP contribution in [0.15, 0.2) is 0 Å². The van der Waals surface area contributed by atoms with Gasteiger partial charge in [-0.1, -0.05) is 0 Å². The van der Waals surface area contributed by atoms with Crippen molar-refractivity contribution in [3.05, 3.63) is 0 Å². The van der Waals surface area contributed by atoms with Crippen molar-refractivity contribution in [2.75, 3.05) is 0 Å². The highest BCUT2D eigenvalue weighted by Crippen LogP contribution is 2.22. The Bertz CT molecular complexity index is 45.6. The average Bonchev–Trinajstić information content (AvgIpc) is 1.76. The van der Waals surface area contributed by atoms with Gasteiger partial charge in [-0.25, -0.2) is 9.78 Å². The maximum absolute atomic E-state index is 5.02. The maximum atomic E-state index is 5.02. The Balaban J connectivity index is 2.38. The lowest BCUT2D eigenvalue weighted by Crippen LogP contribution is -1.98. The summed E-state index contributed by atoms with van der Waals surface area (Å²) in [4.78, 5) is 8.35. The molecule has 0 saturated carbocycles. The summed E-state index contributed by atoms with van der Waals surface area (Å²) in [5.74, 6) is 0. The van der Waals surface area contributed by atoms with Crippen molar-refractivity contribution in [2.24, 2.45) is 0 Å². The van der Waals surface area contributed by atoms with Gasteiger partial charge in [-0.2, -0.15) is 0 Å². The lowest BCUT2D eigenvalue weighted by Gasteiger charge is -1.72. The number of rotatable bonds is 0. The molecule has 2 nitrogen and oxygen atoms in total. The fourth-order valence-electron chi connectivity index (χ4n) is 0.0657. The number of hydrogen-bond acceptors (Lipinski definition) is 2. The van der Waals surface area contributed by atoms with Crippen LogP contribution >= 0.6 is 0 Å². The summed E-state index contributed by atoms with van der Waals surface area (Å²) in [7, 11) is 5.02. The second-order valence-electron chi connectivity index (χ2n) is 1.18. The van der Waals surface area contributed by atoms with E-state index in [1.807, 2.05) is 0 Å². The van der Waals surface area contributed by atoms with Gasteiger partial charge < -0.3 is 0 Å². The molecule has 26 valence electrons. The molecule has 2 radical (unpaired) electrons. The molecule has 5 heavy (non-hydrogen) atoms. The van der Waals surface area contributed by atoms with E-state index in [1.165, 1.54) is 0 Å².